The Bertz CT molecular complexity index is 782. The molecule has 0 aliphatic carbocycles. The highest BCUT2D eigenvalue weighted by Crippen LogP contribution is 2.37. The summed E-state index contributed by atoms with van der Waals surface area (Å²) in [5, 5.41) is 3.44. The zero-order chi connectivity index (χ0) is 17.5. The number of thioether (sulfide) groups is 1. The standard InChI is InChI=1S/C21H19O2PS/c1-2-23-21(22)25-20-16-10-9-15-19(20)24(17-11-5-3-6-12-17)18-13-7-4-8-14-18/h3-16H,2H2,1H3. The summed E-state index contributed by atoms with van der Waals surface area (Å²) in [4.78, 5) is 13.0. The van der Waals surface area contributed by atoms with Crippen molar-refractivity contribution >= 4 is 40.9 Å². The lowest BCUT2D eigenvalue weighted by Crippen LogP contribution is -2.22. The van der Waals surface area contributed by atoms with Crippen LogP contribution in [-0.2, 0) is 4.74 Å². The van der Waals surface area contributed by atoms with Crippen LogP contribution in [0.15, 0.2) is 89.8 Å². The van der Waals surface area contributed by atoms with Gasteiger partial charge in [-0.2, -0.15) is 0 Å². The highest BCUT2D eigenvalue weighted by molar-refractivity contribution is 8.13. The van der Waals surface area contributed by atoms with Crippen LogP contribution in [0.25, 0.3) is 0 Å². The fraction of sp³-hybridized carbons (Fsp3) is 0.0952. The molecule has 0 spiro atoms. The Labute approximate surface area is 154 Å². The number of benzene rings is 3. The molecule has 0 saturated heterocycles. The van der Waals surface area contributed by atoms with Crippen molar-refractivity contribution in [1.82, 2.24) is 0 Å². The minimum absolute atomic E-state index is 0.258. The van der Waals surface area contributed by atoms with Gasteiger partial charge in [-0.3, -0.25) is 0 Å². The number of hydrogen-bond donors (Lipinski definition) is 0. The highest BCUT2D eigenvalue weighted by Gasteiger charge is 2.20. The summed E-state index contributed by atoms with van der Waals surface area (Å²) in [5.41, 5.74) is 0. The van der Waals surface area contributed by atoms with E-state index in [9.17, 15) is 4.79 Å². The molecule has 0 aliphatic heterocycles. The molecule has 0 fully saturated rings. The Hall–Kier alpha value is -2.09. The van der Waals surface area contributed by atoms with E-state index in [1.165, 1.54) is 27.7 Å². The van der Waals surface area contributed by atoms with Crippen LogP contribution in [0.3, 0.4) is 0 Å². The van der Waals surface area contributed by atoms with Crippen molar-refractivity contribution in [3.63, 3.8) is 0 Å². The first-order chi connectivity index (χ1) is 12.3. The van der Waals surface area contributed by atoms with E-state index in [1.54, 1.807) is 0 Å². The van der Waals surface area contributed by atoms with Crippen LogP contribution in [0.4, 0.5) is 4.79 Å². The molecule has 0 amide bonds. The molecule has 3 rings (SSSR count). The summed E-state index contributed by atoms with van der Waals surface area (Å²) in [6.45, 7) is 2.21. The summed E-state index contributed by atoms with van der Waals surface area (Å²) >= 11 is 1.17. The summed E-state index contributed by atoms with van der Waals surface area (Å²) in [6, 6.07) is 29.1. The average molecular weight is 366 g/mol. The van der Waals surface area contributed by atoms with Gasteiger partial charge in [-0.05, 0) is 48.6 Å². The van der Waals surface area contributed by atoms with Gasteiger partial charge in [-0.1, -0.05) is 78.9 Å². The van der Waals surface area contributed by atoms with Crippen molar-refractivity contribution in [2.75, 3.05) is 6.61 Å². The minimum Gasteiger partial charge on any atom is -0.458 e. The number of hydrogen-bond acceptors (Lipinski definition) is 3. The lowest BCUT2D eigenvalue weighted by atomic mass is 10.3. The van der Waals surface area contributed by atoms with Crippen molar-refractivity contribution in [2.45, 2.75) is 11.8 Å². The maximum atomic E-state index is 12.0. The number of rotatable bonds is 5. The largest absolute Gasteiger partial charge is 0.458 e. The molecule has 0 aromatic heterocycles. The van der Waals surface area contributed by atoms with Gasteiger partial charge in [0.1, 0.15) is 0 Å². The van der Waals surface area contributed by atoms with Crippen molar-refractivity contribution in [2.24, 2.45) is 0 Å². The van der Waals surface area contributed by atoms with E-state index in [-0.39, 0.29) is 5.30 Å². The monoisotopic (exact) mass is 366 g/mol. The average Bonchev–Trinajstić information content (AvgIpc) is 2.65. The third kappa shape index (κ3) is 4.50. The summed E-state index contributed by atoms with van der Waals surface area (Å²) in [5.74, 6) is 0. The molecule has 3 aromatic rings. The van der Waals surface area contributed by atoms with Crippen LogP contribution in [0.5, 0.6) is 0 Å². The van der Waals surface area contributed by atoms with Crippen LogP contribution >= 0.6 is 19.7 Å². The second kappa shape index (κ2) is 8.84. The van der Waals surface area contributed by atoms with Crippen LogP contribution < -0.4 is 15.9 Å². The van der Waals surface area contributed by atoms with Gasteiger partial charge in [0.25, 0.3) is 0 Å². The molecule has 0 atom stereocenters. The first kappa shape index (κ1) is 17.7. The smallest absolute Gasteiger partial charge is 0.372 e. The topological polar surface area (TPSA) is 26.3 Å². The highest BCUT2D eigenvalue weighted by atomic mass is 32.2. The molecule has 0 bridgehead atoms. The van der Waals surface area contributed by atoms with Crippen LogP contribution in [0.1, 0.15) is 6.92 Å². The normalized spacial score (nSPS) is 10.6. The lowest BCUT2D eigenvalue weighted by molar-refractivity contribution is 0.181. The third-order valence-corrected chi connectivity index (χ3v) is 7.10. The molecule has 2 nitrogen and oxygen atoms in total. The van der Waals surface area contributed by atoms with E-state index in [0.717, 1.165) is 4.90 Å². The maximum Gasteiger partial charge on any atom is 0.372 e. The molecule has 3 aromatic carbocycles. The van der Waals surface area contributed by atoms with Crippen molar-refractivity contribution in [1.29, 1.82) is 0 Å². The lowest BCUT2D eigenvalue weighted by Gasteiger charge is -2.21. The SMILES string of the molecule is CCOC(=O)Sc1ccccc1P(c1ccccc1)c1ccccc1. The van der Waals surface area contributed by atoms with E-state index in [0.29, 0.717) is 6.61 Å². The molecule has 4 heteroatoms. The van der Waals surface area contributed by atoms with Gasteiger partial charge in [0.2, 0.25) is 0 Å². The zero-order valence-electron chi connectivity index (χ0n) is 14.0. The second-order valence-electron chi connectivity index (χ2n) is 5.26. The quantitative estimate of drug-likeness (QED) is 0.372. The van der Waals surface area contributed by atoms with E-state index >= 15 is 0 Å². The molecular weight excluding hydrogens is 347 g/mol. The van der Waals surface area contributed by atoms with E-state index in [2.05, 4.69) is 54.6 Å². The summed E-state index contributed by atoms with van der Waals surface area (Å²) in [6.07, 6.45) is 0. The third-order valence-electron chi connectivity index (χ3n) is 3.59. The van der Waals surface area contributed by atoms with Gasteiger partial charge >= 0.3 is 5.30 Å². The van der Waals surface area contributed by atoms with Gasteiger partial charge < -0.3 is 4.74 Å². The number of ether oxygens (including phenoxy) is 1. The predicted octanol–water partition coefficient (Wildman–Crippen LogP) is 4.69. The molecule has 0 saturated carbocycles. The fourth-order valence-electron chi connectivity index (χ4n) is 2.55. The van der Waals surface area contributed by atoms with Gasteiger partial charge in [0.15, 0.2) is 0 Å². The Kier molecular flexibility index (Phi) is 6.27. The Morgan fingerprint density at radius 1 is 0.840 bits per heavy atom. The van der Waals surface area contributed by atoms with Gasteiger partial charge in [-0.25, -0.2) is 4.79 Å². The van der Waals surface area contributed by atoms with Crippen LogP contribution in [0.2, 0.25) is 0 Å². The van der Waals surface area contributed by atoms with Crippen LogP contribution in [0, 0.1) is 0 Å². The molecule has 0 N–H and O–H groups in total. The molecular formula is C21H19O2PS. The first-order valence-electron chi connectivity index (χ1n) is 8.13. The molecule has 126 valence electrons. The van der Waals surface area contributed by atoms with Gasteiger partial charge in [-0.15, -0.1) is 0 Å². The molecule has 0 aliphatic rings. The number of carbonyl (C=O) groups is 1. The van der Waals surface area contributed by atoms with Crippen molar-refractivity contribution in [3.05, 3.63) is 84.9 Å². The van der Waals surface area contributed by atoms with Gasteiger partial charge in [0.05, 0.1) is 6.61 Å². The first-order valence-corrected chi connectivity index (χ1v) is 10.3. The Morgan fingerprint density at radius 3 is 1.92 bits per heavy atom. The Morgan fingerprint density at radius 2 is 1.36 bits per heavy atom. The molecule has 0 radical (unpaired) electrons. The Balaban J connectivity index is 2.07. The summed E-state index contributed by atoms with van der Waals surface area (Å²) < 4.78 is 5.12. The van der Waals surface area contributed by atoms with Crippen LogP contribution in [-0.4, -0.2) is 11.9 Å². The minimum atomic E-state index is -0.735. The molecule has 0 heterocycles. The zero-order valence-corrected chi connectivity index (χ0v) is 15.7. The van der Waals surface area contributed by atoms with E-state index in [1.807, 2.05) is 37.3 Å². The number of carbonyl (C=O) groups excluding carboxylic acids is 1. The second-order valence-corrected chi connectivity index (χ2v) is 8.42. The molecule has 0 unspecified atom stereocenters. The fourth-order valence-corrected chi connectivity index (χ4v) is 5.96. The van der Waals surface area contributed by atoms with Crippen molar-refractivity contribution < 1.29 is 9.53 Å². The predicted molar refractivity (Wildman–Crippen MR) is 108 cm³/mol. The van der Waals surface area contributed by atoms with Gasteiger partial charge in [0, 0.05) is 4.90 Å². The van der Waals surface area contributed by atoms with Crippen molar-refractivity contribution in [3.8, 4) is 0 Å². The molecule has 25 heavy (non-hydrogen) atoms. The maximum absolute atomic E-state index is 12.0. The summed E-state index contributed by atoms with van der Waals surface area (Å²) in [7, 11) is -0.735. The van der Waals surface area contributed by atoms with E-state index < -0.39 is 7.92 Å². The van der Waals surface area contributed by atoms with E-state index in [4.69, 9.17) is 4.74 Å².